The highest BCUT2D eigenvalue weighted by molar-refractivity contribution is 5.82. The van der Waals surface area contributed by atoms with Crippen LogP contribution in [-0.4, -0.2) is 18.4 Å². The normalized spacial score (nSPS) is 10.1. The van der Waals surface area contributed by atoms with E-state index in [-0.39, 0.29) is 24.4 Å². The van der Waals surface area contributed by atoms with Gasteiger partial charge < -0.3 is 4.74 Å². The van der Waals surface area contributed by atoms with Gasteiger partial charge in [-0.2, -0.15) is 0 Å². The largest absolute Gasteiger partial charge is 0.481 e. The lowest BCUT2D eigenvalue weighted by Crippen LogP contribution is -2.43. The number of benzene rings is 2. The fourth-order valence-electron chi connectivity index (χ4n) is 1.89. The number of carbonyl (C=O) groups excluding carboxylic acids is 2. The molecule has 0 saturated heterocycles. The highest BCUT2D eigenvalue weighted by Gasteiger charge is 2.09. The first kappa shape index (κ1) is 17.4. The molecule has 2 amide bonds. The first-order chi connectivity index (χ1) is 11.6. The van der Waals surface area contributed by atoms with Gasteiger partial charge in [-0.3, -0.25) is 20.4 Å². The summed E-state index contributed by atoms with van der Waals surface area (Å²) in [6.45, 7) is -0.450. The summed E-state index contributed by atoms with van der Waals surface area (Å²) >= 11 is 0. The minimum Gasteiger partial charge on any atom is -0.481 e. The van der Waals surface area contributed by atoms with E-state index in [1.807, 2.05) is 0 Å². The van der Waals surface area contributed by atoms with Crippen molar-refractivity contribution in [2.45, 2.75) is 12.8 Å². The Morgan fingerprint density at radius 2 is 1.50 bits per heavy atom. The van der Waals surface area contributed by atoms with E-state index in [2.05, 4.69) is 10.9 Å². The lowest BCUT2D eigenvalue weighted by atomic mass is 10.1. The summed E-state index contributed by atoms with van der Waals surface area (Å²) in [5, 5.41) is 0. The first-order valence-corrected chi connectivity index (χ1v) is 7.24. The molecule has 0 aromatic heterocycles. The van der Waals surface area contributed by atoms with Gasteiger partial charge in [-0.15, -0.1) is 0 Å². The van der Waals surface area contributed by atoms with Gasteiger partial charge in [0.15, 0.2) is 18.2 Å². The van der Waals surface area contributed by atoms with Crippen molar-refractivity contribution in [3.63, 3.8) is 0 Å². The van der Waals surface area contributed by atoms with E-state index in [1.165, 1.54) is 24.3 Å². The van der Waals surface area contributed by atoms with E-state index in [9.17, 15) is 18.4 Å². The monoisotopic (exact) mass is 334 g/mol. The van der Waals surface area contributed by atoms with Crippen LogP contribution in [0.5, 0.6) is 5.75 Å². The topological polar surface area (TPSA) is 67.4 Å². The molecule has 0 unspecified atom stereocenters. The molecule has 24 heavy (non-hydrogen) atoms. The van der Waals surface area contributed by atoms with Crippen molar-refractivity contribution < 1.29 is 23.1 Å². The van der Waals surface area contributed by atoms with Gasteiger partial charge in [0.25, 0.3) is 5.91 Å². The number of amides is 2. The first-order valence-electron chi connectivity index (χ1n) is 7.24. The Balaban J connectivity index is 1.69. The van der Waals surface area contributed by atoms with Crippen LogP contribution in [0, 0.1) is 11.6 Å². The molecular weight excluding hydrogens is 318 g/mol. The maximum atomic E-state index is 13.4. The molecule has 0 bridgehead atoms. The second-order valence-corrected chi connectivity index (χ2v) is 4.91. The highest BCUT2D eigenvalue weighted by Crippen LogP contribution is 2.14. The van der Waals surface area contributed by atoms with Crippen LogP contribution in [0.25, 0.3) is 0 Å². The molecule has 0 aliphatic carbocycles. The Hall–Kier alpha value is -2.96. The molecule has 0 aliphatic heterocycles. The van der Waals surface area contributed by atoms with Crippen LogP contribution in [0.4, 0.5) is 8.78 Å². The smallest absolute Gasteiger partial charge is 0.276 e. The van der Waals surface area contributed by atoms with Crippen molar-refractivity contribution in [1.82, 2.24) is 10.9 Å². The van der Waals surface area contributed by atoms with E-state index in [0.29, 0.717) is 5.56 Å². The number of para-hydroxylation sites is 1. The molecule has 2 N–H and O–H groups in total. The Bertz CT molecular complexity index is 661. The Kier molecular flexibility index (Phi) is 6.24. The number of hydrazine groups is 1. The van der Waals surface area contributed by atoms with Crippen LogP contribution in [0.2, 0.25) is 0 Å². The quantitative estimate of drug-likeness (QED) is 0.795. The zero-order chi connectivity index (χ0) is 17.4. The fourth-order valence-corrected chi connectivity index (χ4v) is 1.89. The van der Waals surface area contributed by atoms with E-state index >= 15 is 0 Å². The van der Waals surface area contributed by atoms with Crippen molar-refractivity contribution in [1.29, 1.82) is 0 Å². The number of ether oxygens (including phenoxy) is 1. The third-order valence-electron chi connectivity index (χ3n) is 3.12. The molecule has 0 fully saturated rings. The Morgan fingerprint density at radius 1 is 0.875 bits per heavy atom. The maximum Gasteiger partial charge on any atom is 0.276 e. The zero-order valence-electron chi connectivity index (χ0n) is 12.7. The second kappa shape index (κ2) is 8.61. The standard InChI is InChI=1S/C17H16F2N2O3/c18-13-6-2-1-5-12(13)9-10-16(22)20-21-17(23)11-24-15-8-4-3-7-14(15)19/h1-8H,9-11H2,(H,20,22)(H,21,23). The van der Waals surface area contributed by atoms with Gasteiger partial charge in [-0.25, -0.2) is 8.78 Å². The third kappa shape index (κ3) is 5.35. The number of carbonyl (C=O) groups is 2. The van der Waals surface area contributed by atoms with Gasteiger partial charge in [-0.1, -0.05) is 30.3 Å². The van der Waals surface area contributed by atoms with Crippen molar-refractivity contribution in [2.24, 2.45) is 0 Å². The SMILES string of the molecule is O=C(CCc1ccccc1F)NNC(=O)COc1ccccc1F. The van der Waals surface area contributed by atoms with Crippen molar-refractivity contribution in [3.05, 3.63) is 65.7 Å². The van der Waals surface area contributed by atoms with Gasteiger partial charge in [-0.05, 0) is 30.2 Å². The fraction of sp³-hybridized carbons (Fsp3) is 0.176. The summed E-state index contributed by atoms with van der Waals surface area (Å²) in [6, 6.07) is 11.8. The summed E-state index contributed by atoms with van der Waals surface area (Å²) in [6.07, 6.45) is 0.218. The number of rotatable bonds is 6. The van der Waals surface area contributed by atoms with Crippen LogP contribution >= 0.6 is 0 Å². The molecular formula is C17H16F2N2O3. The lowest BCUT2D eigenvalue weighted by molar-refractivity contribution is -0.130. The molecule has 126 valence electrons. The summed E-state index contributed by atoms with van der Waals surface area (Å²) in [5.41, 5.74) is 4.75. The van der Waals surface area contributed by atoms with Crippen LogP contribution in [0.1, 0.15) is 12.0 Å². The molecule has 0 heterocycles. The predicted octanol–water partition coefficient (Wildman–Crippen LogP) is 2.12. The van der Waals surface area contributed by atoms with Crippen LogP contribution < -0.4 is 15.6 Å². The maximum absolute atomic E-state index is 13.4. The van der Waals surface area contributed by atoms with Crippen LogP contribution in [-0.2, 0) is 16.0 Å². The molecule has 2 rings (SSSR count). The number of hydrogen-bond donors (Lipinski definition) is 2. The molecule has 0 atom stereocenters. The molecule has 0 radical (unpaired) electrons. The van der Waals surface area contributed by atoms with Gasteiger partial charge in [0.1, 0.15) is 5.82 Å². The summed E-state index contributed by atoms with van der Waals surface area (Å²) in [4.78, 5) is 23.1. The van der Waals surface area contributed by atoms with E-state index in [1.54, 1.807) is 24.3 Å². The minimum absolute atomic E-state index is 0.00931. The number of nitrogens with one attached hydrogen (secondary N) is 2. The highest BCUT2D eigenvalue weighted by atomic mass is 19.1. The van der Waals surface area contributed by atoms with E-state index in [4.69, 9.17) is 4.74 Å². The van der Waals surface area contributed by atoms with Crippen molar-refractivity contribution in [2.75, 3.05) is 6.61 Å². The second-order valence-electron chi connectivity index (χ2n) is 4.91. The average molecular weight is 334 g/mol. The molecule has 0 aliphatic rings. The van der Waals surface area contributed by atoms with Crippen molar-refractivity contribution >= 4 is 11.8 Å². The lowest BCUT2D eigenvalue weighted by Gasteiger charge is -2.09. The molecule has 0 saturated carbocycles. The predicted molar refractivity (Wildman–Crippen MR) is 82.9 cm³/mol. The summed E-state index contributed by atoms with van der Waals surface area (Å²) in [5.74, 6) is -2.14. The number of hydrogen-bond acceptors (Lipinski definition) is 3. The average Bonchev–Trinajstić information content (AvgIpc) is 2.58. The number of aryl methyl sites for hydroxylation is 1. The Labute approximate surface area is 137 Å². The third-order valence-corrected chi connectivity index (χ3v) is 3.12. The Morgan fingerprint density at radius 3 is 2.21 bits per heavy atom. The molecule has 5 nitrogen and oxygen atoms in total. The summed E-state index contributed by atoms with van der Waals surface area (Å²) < 4.78 is 31.7. The molecule has 7 heteroatoms. The van der Waals surface area contributed by atoms with Gasteiger partial charge in [0, 0.05) is 6.42 Å². The molecule has 2 aromatic rings. The van der Waals surface area contributed by atoms with Crippen LogP contribution in [0.3, 0.4) is 0 Å². The van der Waals surface area contributed by atoms with Crippen LogP contribution in [0.15, 0.2) is 48.5 Å². The van der Waals surface area contributed by atoms with Crippen molar-refractivity contribution in [3.8, 4) is 5.75 Å². The van der Waals surface area contributed by atoms with E-state index < -0.39 is 24.2 Å². The van der Waals surface area contributed by atoms with Gasteiger partial charge in [0.2, 0.25) is 5.91 Å². The zero-order valence-corrected chi connectivity index (χ0v) is 12.7. The molecule has 0 spiro atoms. The van der Waals surface area contributed by atoms with E-state index in [0.717, 1.165) is 0 Å². The summed E-state index contributed by atoms with van der Waals surface area (Å²) in [7, 11) is 0. The van der Waals surface area contributed by atoms with Gasteiger partial charge >= 0.3 is 0 Å². The van der Waals surface area contributed by atoms with Gasteiger partial charge in [0.05, 0.1) is 0 Å². The minimum atomic E-state index is -0.641. The molecule has 2 aromatic carbocycles. The number of halogens is 2.